The number of nitro benzene ring substituents is 1. The number of hydrogen-bond acceptors (Lipinski definition) is 4. The molecule has 152 valence electrons. The largest absolute Gasteiger partial charge is 0.322 e. The third-order valence-corrected chi connectivity index (χ3v) is 5.53. The molecule has 6 heteroatoms. The van der Waals surface area contributed by atoms with Crippen LogP contribution in [0.15, 0.2) is 90.0 Å². The third kappa shape index (κ3) is 4.72. The Morgan fingerprint density at radius 2 is 1.40 bits per heavy atom. The van der Waals surface area contributed by atoms with Crippen molar-refractivity contribution in [3.63, 3.8) is 0 Å². The number of hydrazone groups is 1. The molecule has 0 atom stereocenters. The van der Waals surface area contributed by atoms with Crippen molar-refractivity contribution in [3.05, 3.63) is 112 Å². The highest BCUT2D eigenvalue weighted by Gasteiger charge is 2.29. The lowest BCUT2D eigenvalue weighted by Gasteiger charge is -2.35. The van der Waals surface area contributed by atoms with Gasteiger partial charge in [0, 0.05) is 23.3 Å². The second-order valence-corrected chi connectivity index (χ2v) is 7.46. The van der Waals surface area contributed by atoms with Gasteiger partial charge < -0.3 is 4.90 Å². The van der Waals surface area contributed by atoms with E-state index in [-0.39, 0.29) is 5.69 Å². The van der Waals surface area contributed by atoms with Crippen molar-refractivity contribution < 1.29 is 9.82 Å². The van der Waals surface area contributed by atoms with Crippen molar-refractivity contribution in [3.8, 4) is 0 Å². The third-order valence-electron chi connectivity index (χ3n) is 5.53. The predicted molar refractivity (Wildman–Crippen MR) is 118 cm³/mol. The molecule has 4 rings (SSSR count). The predicted octanol–water partition coefficient (Wildman–Crippen LogP) is 2.92. The first-order chi connectivity index (χ1) is 14.7. The summed E-state index contributed by atoms with van der Waals surface area (Å²) in [5.41, 5.74) is 3.63. The van der Waals surface area contributed by atoms with Gasteiger partial charge in [0.15, 0.2) is 0 Å². The summed E-state index contributed by atoms with van der Waals surface area (Å²) in [6.45, 7) is 3.72. The van der Waals surface area contributed by atoms with Gasteiger partial charge >= 0.3 is 0 Å². The fraction of sp³-hybridized carbons (Fsp3) is 0.208. The van der Waals surface area contributed by atoms with Gasteiger partial charge in [-0.15, -0.1) is 0 Å². The number of quaternary nitrogens is 1. The maximum atomic E-state index is 10.8. The minimum atomic E-state index is -0.390. The average Bonchev–Trinajstić information content (AvgIpc) is 2.80. The highest BCUT2D eigenvalue weighted by atomic mass is 16.6. The molecule has 0 saturated carbocycles. The van der Waals surface area contributed by atoms with Crippen LogP contribution in [0.1, 0.15) is 22.7 Å². The summed E-state index contributed by atoms with van der Waals surface area (Å²) >= 11 is 0. The van der Waals surface area contributed by atoms with E-state index in [1.54, 1.807) is 18.3 Å². The minimum Gasteiger partial charge on any atom is -0.322 e. The van der Waals surface area contributed by atoms with Crippen molar-refractivity contribution >= 4 is 11.9 Å². The Hall–Kier alpha value is -3.51. The van der Waals surface area contributed by atoms with Crippen LogP contribution in [-0.2, 0) is 0 Å². The number of hydrogen-bond donors (Lipinski definition) is 1. The molecule has 0 unspecified atom stereocenters. The van der Waals surface area contributed by atoms with E-state index in [2.05, 4.69) is 70.8 Å². The highest BCUT2D eigenvalue weighted by molar-refractivity contribution is 5.79. The fourth-order valence-corrected chi connectivity index (χ4v) is 3.97. The van der Waals surface area contributed by atoms with Crippen molar-refractivity contribution in [2.75, 3.05) is 26.2 Å². The van der Waals surface area contributed by atoms with Gasteiger partial charge in [0.25, 0.3) is 5.69 Å². The van der Waals surface area contributed by atoms with Gasteiger partial charge in [-0.1, -0.05) is 60.7 Å². The molecule has 1 saturated heterocycles. The highest BCUT2D eigenvalue weighted by Crippen LogP contribution is 2.19. The Labute approximate surface area is 176 Å². The van der Waals surface area contributed by atoms with Gasteiger partial charge in [-0.25, -0.2) is 0 Å². The number of nitrogens with one attached hydrogen (secondary N) is 1. The van der Waals surface area contributed by atoms with Crippen LogP contribution in [0.3, 0.4) is 0 Å². The molecule has 3 aromatic carbocycles. The molecule has 0 amide bonds. The number of piperazine rings is 1. The van der Waals surface area contributed by atoms with E-state index < -0.39 is 4.92 Å². The van der Waals surface area contributed by atoms with Gasteiger partial charge in [0.05, 0.1) is 37.3 Å². The number of nitrogens with zero attached hydrogens (tertiary/aromatic N) is 3. The van der Waals surface area contributed by atoms with E-state index in [0.29, 0.717) is 6.04 Å². The van der Waals surface area contributed by atoms with Gasteiger partial charge in [0.1, 0.15) is 6.04 Å². The maximum Gasteiger partial charge on any atom is 0.269 e. The minimum absolute atomic E-state index is 0.0947. The molecule has 1 aliphatic rings. The van der Waals surface area contributed by atoms with Crippen LogP contribution in [0.25, 0.3) is 0 Å². The molecule has 0 aliphatic carbocycles. The average molecular weight is 401 g/mol. The van der Waals surface area contributed by atoms with Crippen LogP contribution in [0.2, 0.25) is 0 Å². The summed E-state index contributed by atoms with van der Waals surface area (Å²) in [6.07, 6.45) is 1.78. The standard InChI is InChI=1S/C24H24N4O2/c29-28(30)23-13-11-20(12-14-23)19-25-27-17-15-26(16-18-27)24(21-7-3-1-4-8-21)22-9-5-2-6-10-22/h1-14,19,24H,15-18H2/p+1. The topological polar surface area (TPSA) is 63.2 Å². The smallest absolute Gasteiger partial charge is 0.269 e. The Kier molecular flexibility index (Phi) is 6.15. The van der Waals surface area contributed by atoms with E-state index in [9.17, 15) is 10.1 Å². The lowest BCUT2D eigenvalue weighted by molar-refractivity contribution is -0.929. The van der Waals surface area contributed by atoms with Crippen molar-refractivity contribution in [2.24, 2.45) is 5.10 Å². The molecular weight excluding hydrogens is 376 g/mol. The first kappa shape index (κ1) is 19.8. The molecule has 30 heavy (non-hydrogen) atoms. The lowest BCUT2D eigenvalue weighted by Crippen LogP contribution is -3.15. The molecule has 0 radical (unpaired) electrons. The van der Waals surface area contributed by atoms with Gasteiger partial charge in [0.2, 0.25) is 0 Å². The first-order valence-electron chi connectivity index (χ1n) is 10.2. The molecule has 3 aromatic rings. The number of non-ortho nitro benzene ring substituents is 1. The summed E-state index contributed by atoms with van der Waals surface area (Å²) in [5, 5.41) is 17.4. The summed E-state index contributed by atoms with van der Waals surface area (Å²) in [6, 6.07) is 28.2. The number of nitro groups is 1. The SMILES string of the molecule is O=[N+]([O-])c1ccc(C=NN2CC[NH+](C(c3ccccc3)c3ccccc3)CC2)cc1. The van der Waals surface area contributed by atoms with Gasteiger partial charge in [-0.2, -0.15) is 5.10 Å². The molecular formula is C24H25N4O2+. The second-order valence-electron chi connectivity index (χ2n) is 7.46. The van der Waals surface area contributed by atoms with Crippen LogP contribution >= 0.6 is 0 Å². The Morgan fingerprint density at radius 3 is 1.90 bits per heavy atom. The molecule has 0 aromatic heterocycles. The first-order valence-corrected chi connectivity index (χ1v) is 10.2. The van der Waals surface area contributed by atoms with Crippen LogP contribution < -0.4 is 4.90 Å². The monoisotopic (exact) mass is 401 g/mol. The molecule has 1 heterocycles. The molecule has 1 aliphatic heterocycles. The summed E-state index contributed by atoms with van der Waals surface area (Å²) in [7, 11) is 0. The zero-order chi connectivity index (χ0) is 20.8. The molecule has 0 spiro atoms. The van der Waals surface area contributed by atoms with Crippen molar-refractivity contribution in [1.82, 2.24) is 5.01 Å². The lowest BCUT2D eigenvalue weighted by atomic mass is 9.96. The second kappa shape index (κ2) is 9.33. The van der Waals surface area contributed by atoms with Crippen LogP contribution in [0.5, 0.6) is 0 Å². The fourth-order valence-electron chi connectivity index (χ4n) is 3.97. The maximum absolute atomic E-state index is 10.8. The quantitative estimate of drug-likeness (QED) is 0.392. The Bertz CT molecular complexity index is 943. The number of benzene rings is 3. The Morgan fingerprint density at radius 1 is 0.867 bits per heavy atom. The van der Waals surface area contributed by atoms with Crippen LogP contribution in [-0.4, -0.2) is 42.3 Å². The normalized spacial score (nSPS) is 15.0. The van der Waals surface area contributed by atoms with Gasteiger partial charge in [-0.05, 0) is 17.7 Å². The van der Waals surface area contributed by atoms with E-state index in [0.717, 1.165) is 31.7 Å². The zero-order valence-corrected chi connectivity index (χ0v) is 16.7. The Balaban J connectivity index is 1.42. The summed E-state index contributed by atoms with van der Waals surface area (Å²) in [4.78, 5) is 11.9. The molecule has 6 nitrogen and oxygen atoms in total. The van der Waals surface area contributed by atoms with E-state index in [1.165, 1.54) is 28.2 Å². The zero-order valence-electron chi connectivity index (χ0n) is 16.7. The van der Waals surface area contributed by atoms with Crippen LogP contribution in [0.4, 0.5) is 5.69 Å². The van der Waals surface area contributed by atoms with Crippen LogP contribution in [0, 0.1) is 10.1 Å². The van der Waals surface area contributed by atoms with Crippen molar-refractivity contribution in [2.45, 2.75) is 6.04 Å². The van der Waals surface area contributed by atoms with E-state index in [1.807, 2.05) is 0 Å². The number of rotatable bonds is 6. The molecule has 1 fully saturated rings. The summed E-state index contributed by atoms with van der Waals surface area (Å²) in [5.74, 6) is 0. The van der Waals surface area contributed by atoms with E-state index >= 15 is 0 Å². The van der Waals surface area contributed by atoms with Crippen molar-refractivity contribution in [1.29, 1.82) is 0 Å². The van der Waals surface area contributed by atoms with Gasteiger partial charge in [-0.3, -0.25) is 15.1 Å². The molecule has 0 bridgehead atoms. The van der Waals surface area contributed by atoms with E-state index in [4.69, 9.17) is 0 Å². The summed E-state index contributed by atoms with van der Waals surface area (Å²) < 4.78 is 0. The molecule has 1 N–H and O–H groups in total.